The number of amides is 2. The molecule has 2 N–H and O–H groups in total. The molecule has 7 nitrogen and oxygen atoms in total. The van der Waals surface area contributed by atoms with Crippen molar-refractivity contribution < 1.29 is 14.3 Å². The number of nitrogens with zero attached hydrogens (tertiary/aromatic N) is 2. The fraction of sp³-hybridized carbons (Fsp3) is 0.364. The van der Waals surface area contributed by atoms with Gasteiger partial charge >= 0.3 is 0 Å². The number of carbonyl (C=O) groups is 2. The van der Waals surface area contributed by atoms with Crippen molar-refractivity contribution in [3.8, 4) is 5.75 Å². The van der Waals surface area contributed by atoms with E-state index in [1.807, 2.05) is 61.5 Å². The number of fused-ring (bicyclic) bond motifs is 1. The van der Waals surface area contributed by atoms with E-state index in [-0.39, 0.29) is 17.9 Å². The Labute approximate surface area is 236 Å². The maximum atomic E-state index is 14.0. The summed E-state index contributed by atoms with van der Waals surface area (Å²) in [5.74, 6) is 0.397. The van der Waals surface area contributed by atoms with E-state index in [0.717, 1.165) is 49.4 Å². The Morgan fingerprint density at radius 3 is 2.52 bits per heavy atom. The zero-order valence-electron chi connectivity index (χ0n) is 23.1. The third kappa shape index (κ3) is 6.96. The zero-order chi connectivity index (χ0) is 27.8. The van der Waals surface area contributed by atoms with Gasteiger partial charge < -0.3 is 15.4 Å². The quantitative estimate of drug-likeness (QED) is 0.479. The van der Waals surface area contributed by atoms with Crippen molar-refractivity contribution in [3.05, 3.63) is 107 Å². The fourth-order valence-electron chi connectivity index (χ4n) is 5.60. The average Bonchev–Trinajstić information content (AvgIpc) is 2.97. The number of piperidine rings is 1. The Morgan fingerprint density at radius 1 is 0.950 bits per heavy atom. The molecule has 208 valence electrons. The highest BCUT2D eigenvalue weighted by molar-refractivity contribution is 5.97. The number of pyridine rings is 1. The van der Waals surface area contributed by atoms with Crippen LogP contribution in [-0.2, 0) is 17.8 Å². The summed E-state index contributed by atoms with van der Waals surface area (Å²) < 4.78 is 5.96. The van der Waals surface area contributed by atoms with Gasteiger partial charge in [0.15, 0.2) is 0 Å². The number of carbonyl (C=O) groups excluding carboxylic acids is 2. The molecule has 3 heterocycles. The number of likely N-dealkylation sites (tertiary alicyclic amines) is 1. The van der Waals surface area contributed by atoms with Crippen LogP contribution in [0.5, 0.6) is 5.75 Å². The van der Waals surface area contributed by atoms with Gasteiger partial charge in [0.1, 0.15) is 12.4 Å². The maximum Gasteiger partial charge on any atom is 0.255 e. The second kappa shape index (κ2) is 12.9. The van der Waals surface area contributed by atoms with Crippen LogP contribution in [0.1, 0.15) is 46.6 Å². The molecule has 0 bridgehead atoms. The minimum atomic E-state index is -0.520. The third-order valence-electron chi connectivity index (χ3n) is 7.94. The highest BCUT2D eigenvalue weighted by Gasteiger charge is 2.41. The number of nitrogens with one attached hydrogen (secondary N) is 2. The second-order valence-corrected chi connectivity index (χ2v) is 10.9. The number of hydrogen-bond acceptors (Lipinski definition) is 5. The lowest BCUT2D eigenvalue weighted by Crippen LogP contribution is -2.53. The molecule has 1 spiro atoms. The Balaban J connectivity index is 1.36. The van der Waals surface area contributed by atoms with Gasteiger partial charge in [-0.15, -0.1) is 0 Å². The van der Waals surface area contributed by atoms with Gasteiger partial charge in [-0.1, -0.05) is 60.7 Å². The predicted molar refractivity (Wildman–Crippen MR) is 156 cm³/mol. The lowest BCUT2D eigenvalue weighted by Gasteiger charge is -2.41. The molecule has 0 radical (unpaired) electrons. The van der Waals surface area contributed by atoms with E-state index >= 15 is 0 Å². The molecule has 3 aromatic rings. The standard InChI is InChI=1S/C33H38N4O3/c1-25-10-9-13-27(35-25)24-37-19-17-33(18-20-37)16-7-8-21-40-30-15-6-5-14-29(30)31(38)34-23-28(36-32(33)39)22-26-11-3-2-4-12-26/h2-15,28H,16-24H2,1H3,(H,34,38)(H,36,39)/b8-7+/t28-/m1/s1. The first kappa shape index (κ1) is 27.6. The number of benzene rings is 2. The van der Waals surface area contributed by atoms with Crippen LogP contribution in [0, 0.1) is 12.3 Å². The van der Waals surface area contributed by atoms with Crippen LogP contribution in [0.4, 0.5) is 0 Å². The molecular weight excluding hydrogens is 500 g/mol. The van der Waals surface area contributed by atoms with E-state index in [1.54, 1.807) is 6.07 Å². The SMILES string of the molecule is Cc1cccc(CN2CCC3(C/C=C/COc4ccccc4C(=O)NC[C@@H](Cc4ccccc4)NC3=O)CC2)n1. The Hall–Kier alpha value is -3.97. The van der Waals surface area contributed by atoms with E-state index < -0.39 is 5.41 Å². The van der Waals surface area contributed by atoms with Crippen LogP contribution in [0.25, 0.3) is 0 Å². The van der Waals surface area contributed by atoms with Crippen molar-refractivity contribution in [2.24, 2.45) is 5.41 Å². The van der Waals surface area contributed by atoms with Crippen molar-refractivity contribution >= 4 is 11.8 Å². The van der Waals surface area contributed by atoms with Crippen LogP contribution in [-0.4, -0.2) is 54.0 Å². The summed E-state index contributed by atoms with van der Waals surface area (Å²) in [5, 5.41) is 6.39. The summed E-state index contributed by atoms with van der Waals surface area (Å²) in [6.45, 7) is 5.10. The van der Waals surface area contributed by atoms with Crippen molar-refractivity contribution in [2.45, 2.75) is 45.2 Å². The van der Waals surface area contributed by atoms with E-state index in [2.05, 4.69) is 44.8 Å². The summed E-state index contributed by atoms with van der Waals surface area (Å²) in [7, 11) is 0. The molecule has 2 amide bonds. The minimum absolute atomic E-state index is 0.0547. The molecule has 0 unspecified atom stereocenters. The number of rotatable bonds is 4. The van der Waals surface area contributed by atoms with Gasteiger partial charge in [-0.2, -0.15) is 0 Å². The van der Waals surface area contributed by atoms with Gasteiger partial charge in [-0.3, -0.25) is 19.5 Å². The smallest absolute Gasteiger partial charge is 0.255 e. The van der Waals surface area contributed by atoms with E-state index in [0.29, 0.717) is 37.3 Å². The molecule has 2 aliphatic rings. The molecule has 7 heteroatoms. The first-order chi connectivity index (χ1) is 19.5. The van der Waals surface area contributed by atoms with Crippen LogP contribution in [0.2, 0.25) is 0 Å². The topological polar surface area (TPSA) is 83.6 Å². The van der Waals surface area contributed by atoms with Crippen molar-refractivity contribution in [2.75, 3.05) is 26.2 Å². The van der Waals surface area contributed by atoms with Gasteiger partial charge in [0.2, 0.25) is 5.91 Å². The minimum Gasteiger partial charge on any atom is -0.489 e. The lowest BCUT2D eigenvalue weighted by atomic mass is 9.74. The number of hydrogen-bond donors (Lipinski definition) is 2. The number of ether oxygens (including phenoxy) is 1. The number of aryl methyl sites for hydroxylation is 1. The van der Waals surface area contributed by atoms with Crippen molar-refractivity contribution in [1.82, 2.24) is 20.5 Å². The van der Waals surface area contributed by atoms with Gasteiger partial charge in [-0.25, -0.2) is 0 Å². The molecular formula is C33H38N4O3. The van der Waals surface area contributed by atoms with E-state index in [1.165, 1.54) is 0 Å². The second-order valence-electron chi connectivity index (χ2n) is 10.9. The highest BCUT2D eigenvalue weighted by atomic mass is 16.5. The predicted octanol–water partition coefficient (Wildman–Crippen LogP) is 4.47. The number of aromatic nitrogens is 1. The molecule has 40 heavy (non-hydrogen) atoms. The summed E-state index contributed by atoms with van der Waals surface area (Å²) in [6.07, 6.45) is 6.80. The normalized spacial score (nSPS) is 20.9. The summed E-state index contributed by atoms with van der Waals surface area (Å²) >= 11 is 0. The van der Waals surface area contributed by atoms with Gasteiger partial charge in [-0.05, 0) is 75.5 Å². The van der Waals surface area contributed by atoms with E-state index in [9.17, 15) is 9.59 Å². The fourth-order valence-corrected chi connectivity index (χ4v) is 5.60. The molecule has 5 rings (SSSR count). The van der Waals surface area contributed by atoms with Gasteiger partial charge in [0, 0.05) is 18.8 Å². The number of para-hydroxylation sites is 1. The van der Waals surface area contributed by atoms with Gasteiger partial charge in [0.25, 0.3) is 5.91 Å². The van der Waals surface area contributed by atoms with Crippen LogP contribution < -0.4 is 15.4 Å². The third-order valence-corrected chi connectivity index (χ3v) is 7.94. The molecule has 1 atom stereocenters. The maximum absolute atomic E-state index is 14.0. The summed E-state index contributed by atoms with van der Waals surface area (Å²) in [6, 6.07) is 23.2. The van der Waals surface area contributed by atoms with Crippen LogP contribution >= 0.6 is 0 Å². The lowest BCUT2D eigenvalue weighted by molar-refractivity contribution is -0.134. The molecule has 1 aromatic heterocycles. The van der Waals surface area contributed by atoms with Crippen molar-refractivity contribution in [1.29, 1.82) is 0 Å². The molecule has 0 saturated carbocycles. The molecule has 2 aromatic carbocycles. The number of allylic oxidation sites excluding steroid dienone is 1. The van der Waals surface area contributed by atoms with Crippen LogP contribution in [0.3, 0.4) is 0 Å². The highest BCUT2D eigenvalue weighted by Crippen LogP contribution is 2.36. The molecule has 1 fully saturated rings. The molecule has 1 saturated heterocycles. The monoisotopic (exact) mass is 538 g/mol. The Morgan fingerprint density at radius 2 is 1.73 bits per heavy atom. The first-order valence-corrected chi connectivity index (χ1v) is 14.2. The largest absolute Gasteiger partial charge is 0.489 e. The van der Waals surface area contributed by atoms with Crippen LogP contribution in [0.15, 0.2) is 84.9 Å². The summed E-state index contributed by atoms with van der Waals surface area (Å²) in [4.78, 5) is 34.2. The molecule has 2 aliphatic heterocycles. The molecule has 0 aliphatic carbocycles. The Bertz CT molecular complexity index is 1330. The summed E-state index contributed by atoms with van der Waals surface area (Å²) in [5.41, 5.74) is 3.16. The van der Waals surface area contributed by atoms with Crippen molar-refractivity contribution in [3.63, 3.8) is 0 Å². The Kier molecular flexibility index (Phi) is 8.91. The van der Waals surface area contributed by atoms with Gasteiger partial charge in [0.05, 0.1) is 22.7 Å². The van der Waals surface area contributed by atoms with E-state index in [4.69, 9.17) is 4.74 Å². The zero-order valence-corrected chi connectivity index (χ0v) is 23.1. The average molecular weight is 539 g/mol. The first-order valence-electron chi connectivity index (χ1n) is 14.2.